The molecule has 0 N–H and O–H groups in total. The largest absolute Gasteiger partial charge is 0.328 e. The molecule has 1 aromatic carbocycles. The predicted molar refractivity (Wildman–Crippen MR) is 89.3 cm³/mol. The number of benzene rings is 1. The van der Waals surface area contributed by atoms with Crippen LogP contribution in [0.1, 0.15) is 0 Å². The van der Waals surface area contributed by atoms with Crippen molar-refractivity contribution in [2.45, 2.75) is 0 Å². The molecule has 0 saturated heterocycles. The Morgan fingerprint density at radius 1 is 0.870 bits per heavy atom. The number of aromatic nitrogens is 3. The van der Waals surface area contributed by atoms with Gasteiger partial charge in [0.1, 0.15) is 11.5 Å². The van der Waals surface area contributed by atoms with Gasteiger partial charge in [0.2, 0.25) is 0 Å². The van der Waals surface area contributed by atoms with Crippen molar-refractivity contribution in [3.8, 4) is 22.4 Å². The summed E-state index contributed by atoms with van der Waals surface area (Å²) >= 11 is 0. The minimum Gasteiger partial charge on any atom is -0.328 e. The number of halogens is 1. The SMILES string of the molecule is Cn1c(-c2ccc(F)cc2)c(-c2ccncc2)c2cccnc21. The first-order valence-corrected chi connectivity index (χ1v) is 7.35. The Morgan fingerprint density at radius 3 is 2.35 bits per heavy atom. The number of hydrogen-bond acceptors (Lipinski definition) is 2. The fraction of sp³-hybridized carbons (Fsp3) is 0.0526. The summed E-state index contributed by atoms with van der Waals surface area (Å²) in [5, 5.41) is 1.07. The van der Waals surface area contributed by atoms with Gasteiger partial charge in [0, 0.05) is 36.6 Å². The molecule has 0 amide bonds. The van der Waals surface area contributed by atoms with Gasteiger partial charge in [-0.25, -0.2) is 9.37 Å². The number of pyridine rings is 2. The lowest BCUT2D eigenvalue weighted by atomic mass is 10.00. The second kappa shape index (κ2) is 5.32. The van der Waals surface area contributed by atoms with E-state index in [1.165, 1.54) is 12.1 Å². The fourth-order valence-electron chi connectivity index (χ4n) is 3.02. The molecule has 0 aliphatic rings. The van der Waals surface area contributed by atoms with Gasteiger partial charge in [-0.3, -0.25) is 4.98 Å². The molecule has 0 spiro atoms. The lowest BCUT2D eigenvalue weighted by Crippen LogP contribution is -1.94. The number of rotatable bonds is 2. The highest BCUT2D eigenvalue weighted by Gasteiger charge is 2.18. The summed E-state index contributed by atoms with van der Waals surface area (Å²) in [4.78, 5) is 8.60. The highest BCUT2D eigenvalue weighted by molar-refractivity contribution is 6.02. The van der Waals surface area contributed by atoms with Crippen LogP contribution in [0.5, 0.6) is 0 Å². The van der Waals surface area contributed by atoms with Gasteiger partial charge >= 0.3 is 0 Å². The van der Waals surface area contributed by atoms with Crippen LogP contribution in [0.15, 0.2) is 67.1 Å². The van der Waals surface area contributed by atoms with E-state index in [0.717, 1.165) is 33.4 Å². The average Bonchev–Trinajstić information content (AvgIpc) is 2.90. The molecule has 0 saturated carbocycles. The number of hydrogen-bond donors (Lipinski definition) is 0. The van der Waals surface area contributed by atoms with Gasteiger partial charge in [-0.05, 0) is 59.7 Å². The number of aryl methyl sites for hydroxylation is 1. The third-order valence-electron chi connectivity index (χ3n) is 4.03. The van der Waals surface area contributed by atoms with Crippen LogP contribution in [0.2, 0.25) is 0 Å². The van der Waals surface area contributed by atoms with Crippen LogP contribution in [-0.4, -0.2) is 14.5 Å². The van der Waals surface area contributed by atoms with Crippen LogP contribution in [0.4, 0.5) is 4.39 Å². The maximum atomic E-state index is 13.3. The second-order valence-electron chi connectivity index (χ2n) is 5.40. The summed E-state index contributed by atoms with van der Waals surface area (Å²) in [6, 6.07) is 14.5. The Kier molecular flexibility index (Phi) is 3.15. The van der Waals surface area contributed by atoms with Crippen molar-refractivity contribution in [1.29, 1.82) is 0 Å². The smallest absolute Gasteiger partial charge is 0.140 e. The molecule has 0 bridgehead atoms. The van der Waals surface area contributed by atoms with E-state index in [-0.39, 0.29) is 5.82 Å². The van der Waals surface area contributed by atoms with Crippen molar-refractivity contribution in [3.05, 3.63) is 72.9 Å². The van der Waals surface area contributed by atoms with E-state index >= 15 is 0 Å². The van der Waals surface area contributed by atoms with Gasteiger partial charge in [0.25, 0.3) is 0 Å². The van der Waals surface area contributed by atoms with E-state index in [0.29, 0.717) is 0 Å². The van der Waals surface area contributed by atoms with Crippen LogP contribution in [0.3, 0.4) is 0 Å². The molecule has 0 unspecified atom stereocenters. The number of fused-ring (bicyclic) bond motifs is 1. The lowest BCUT2D eigenvalue weighted by molar-refractivity contribution is 0.628. The molecular formula is C19H14FN3. The van der Waals surface area contributed by atoms with Crippen molar-refractivity contribution >= 4 is 11.0 Å². The van der Waals surface area contributed by atoms with Crippen LogP contribution in [0, 0.1) is 5.82 Å². The highest BCUT2D eigenvalue weighted by atomic mass is 19.1. The molecular weight excluding hydrogens is 289 g/mol. The molecule has 4 aromatic rings. The van der Waals surface area contributed by atoms with Gasteiger partial charge < -0.3 is 4.57 Å². The first kappa shape index (κ1) is 13.6. The topological polar surface area (TPSA) is 30.7 Å². The van der Waals surface area contributed by atoms with Crippen molar-refractivity contribution in [2.75, 3.05) is 0 Å². The van der Waals surface area contributed by atoms with Crippen LogP contribution in [-0.2, 0) is 7.05 Å². The van der Waals surface area contributed by atoms with E-state index in [4.69, 9.17) is 0 Å². The Morgan fingerprint density at radius 2 is 1.61 bits per heavy atom. The molecule has 3 heterocycles. The molecule has 0 aliphatic heterocycles. The fourth-order valence-corrected chi connectivity index (χ4v) is 3.02. The molecule has 4 heteroatoms. The molecule has 3 nitrogen and oxygen atoms in total. The monoisotopic (exact) mass is 303 g/mol. The molecule has 0 fully saturated rings. The molecule has 0 aliphatic carbocycles. The van der Waals surface area contributed by atoms with Gasteiger partial charge in [0.15, 0.2) is 0 Å². The predicted octanol–water partition coefficient (Wildman–Crippen LogP) is 4.44. The second-order valence-corrected chi connectivity index (χ2v) is 5.40. The molecule has 112 valence electrons. The quantitative estimate of drug-likeness (QED) is 0.548. The van der Waals surface area contributed by atoms with E-state index < -0.39 is 0 Å². The van der Waals surface area contributed by atoms with Crippen LogP contribution < -0.4 is 0 Å². The van der Waals surface area contributed by atoms with Crippen LogP contribution >= 0.6 is 0 Å². The van der Waals surface area contributed by atoms with Crippen molar-refractivity contribution < 1.29 is 4.39 Å². The first-order valence-electron chi connectivity index (χ1n) is 7.35. The summed E-state index contributed by atoms with van der Waals surface area (Å²) < 4.78 is 15.4. The Balaban J connectivity index is 2.10. The summed E-state index contributed by atoms with van der Waals surface area (Å²) in [5.41, 5.74) is 5.03. The molecule has 0 radical (unpaired) electrons. The Labute approximate surface area is 133 Å². The molecule has 23 heavy (non-hydrogen) atoms. The van der Waals surface area contributed by atoms with E-state index in [1.807, 2.05) is 25.2 Å². The minimum absolute atomic E-state index is 0.240. The van der Waals surface area contributed by atoms with Crippen molar-refractivity contribution in [2.24, 2.45) is 7.05 Å². The van der Waals surface area contributed by atoms with Gasteiger partial charge in [-0.2, -0.15) is 0 Å². The highest BCUT2D eigenvalue weighted by Crippen LogP contribution is 2.39. The van der Waals surface area contributed by atoms with E-state index in [9.17, 15) is 4.39 Å². The van der Waals surface area contributed by atoms with Crippen molar-refractivity contribution in [1.82, 2.24) is 14.5 Å². The maximum Gasteiger partial charge on any atom is 0.140 e. The zero-order valence-corrected chi connectivity index (χ0v) is 12.6. The summed E-state index contributed by atoms with van der Waals surface area (Å²) in [7, 11) is 1.98. The number of nitrogens with zero attached hydrogens (tertiary/aromatic N) is 3. The normalized spacial score (nSPS) is 11.0. The van der Waals surface area contributed by atoms with Gasteiger partial charge in [0.05, 0.1) is 5.69 Å². The van der Waals surface area contributed by atoms with Crippen molar-refractivity contribution in [3.63, 3.8) is 0 Å². The standard InChI is InChI=1S/C19H14FN3/c1-23-18(14-4-6-15(20)7-5-14)17(13-8-11-21-12-9-13)16-3-2-10-22-19(16)23/h2-12H,1H3. The van der Waals surface area contributed by atoms with Gasteiger partial charge in [-0.1, -0.05) is 0 Å². The summed E-state index contributed by atoms with van der Waals surface area (Å²) in [6.07, 6.45) is 5.34. The molecule has 3 aromatic heterocycles. The minimum atomic E-state index is -0.240. The first-order chi connectivity index (χ1) is 11.3. The molecule has 4 rings (SSSR count). The summed E-state index contributed by atoms with van der Waals surface area (Å²) in [6.45, 7) is 0. The Hall–Kier alpha value is -3.01. The molecule has 0 atom stereocenters. The van der Waals surface area contributed by atoms with Crippen LogP contribution in [0.25, 0.3) is 33.4 Å². The Bertz CT molecular complexity index is 973. The van der Waals surface area contributed by atoms with E-state index in [1.54, 1.807) is 30.7 Å². The maximum absolute atomic E-state index is 13.3. The zero-order chi connectivity index (χ0) is 15.8. The average molecular weight is 303 g/mol. The summed E-state index contributed by atoms with van der Waals surface area (Å²) in [5.74, 6) is -0.240. The van der Waals surface area contributed by atoms with E-state index in [2.05, 4.69) is 20.6 Å². The van der Waals surface area contributed by atoms with Gasteiger partial charge in [-0.15, -0.1) is 0 Å². The third-order valence-corrected chi connectivity index (χ3v) is 4.03. The zero-order valence-electron chi connectivity index (χ0n) is 12.6. The lowest BCUT2D eigenvalue weighted by Gasteiger charge is -2.08. The third kappa shape index (κ3) is 2.19.